The second-order valence-electron chi connectivity index (χ2n) is 5.38. The van der Waals surface area contributed by atoms with Crippen LogP contribution in [0.15, 0.2) is 48.5 Å². The molecular formula is C19H22O2. The van der Waals surface area contributed by atoms with Crippen LogP contribution in [0.5, 0.6) is 0 Å². The maximum absolute atomic E-state index is 12.1. The molecule has 110 valence electrons. The molecule has 0 heterocycles. The van der Waals surface area contributed by atoms with Crippen LogP contribution >= 0.6 is 0 Å². The number of rotatable bonds is 7. The van der Waals surface area contributed by atoms with Crippen molar-refractivity contribution < 1.29 is 9.53 Å². The van der Waals surface area contributed by atoms with Gasteiger partial charge < -0.3 is 4.74 Å². The van der Waals surface area contributed by atoms with Gasteiger partial charge in [-0.25, -0.2) is 0 Å². The van der Waals surface area contributed by atoms with Crippen molar-refractivity contribution in [2.24, 2.45) is 0 Å². The Labute approximate surface area is 126 Å². The number of ketones is 1. The molecule has 0 bridgehead atoms. The molecule has 0 atom stereocenters. The summed E-state index contributed by atoms with van der Waals surface area (Å²) in [4.78, 5) is 12.1. The molecule has 0 aromatic heterocycles. The van der Waals surface area contributed by atoms with E-state index < -0.39 is 0 Å². The van der Waals surface area contributed by atoms with Gasteiger partial charge in [0.25, 0.3) is 0 Å². The van der Waals surface area contributed by atoms with Gasteiger partial charge in [0.05, 0.1) is 0 Å². The van der Waals surface area contributed by atoms with Crippen molar-refractivity contribution in [2.45, 2.75) is 26.7 Å². The van der Waals surface area contributed by atoms with Crippen molar-refractivity contribution in [2.75, 3.05) is 13.2 Å². The van der Waals surface area contributed by atoms with E-state index in [1.165, 1.54) is 11.1 Å². The summed E-state index contributed by atoms with van der Waals surface area (Å²) in [5.41, 5.74) is 4.27. The number of aryl methyl sites for hydroxylation is 3. The lowest BCUT2D eigenvalue weighted by molar-refractivity contribution is 0.0755. The van der Waals surface area contributed by atoms with E-state index in [0.29, 0.717) is 6.61 Å². The van der Waals surface area contributed by atoms with Gasteiger partial charge in [-0.05, 0) is 37.8 Å². The third kappa shape index (κ3) is 4.83. The minimum Gasteiger partial charge on any atom is -0.373 e. The van der Waals surface area contributed by atoms with E-state index in [4.69, 9.17) is 4.74 Å². The molecule has 0 fully saturated rings. The van der Waals surface area contributed by atoms with Crippen LogP contribution in [0, 0.1) is 13.8 Å². The molecule has 21 heavy (non-hydrogen) atoms. The molecule has 2 aromatic rings. The smallest absolute Gasteiger partial charge is 0.188 e. The first-order valence-electron chi connectivity index (χ1n) is 7.39. The molecule has 2 nitrogen and oxygen atoms in total. The maximum Gasteiger partial charge on any atom is 0.188 e. The molecule has 0 N–H and O–H groups in total. The van der Waals surface area contributed by atoms with Crippen molar-refractivity contribution in [3.8, 4) is 0 Å². The lowest BCUT2D eigenvalue weighted by Crippen LogP contribution is -2.11. The number of ether oxygens (including phenoxy) is 1. The van der Waals surface area contributed by atoms with Gasteiger partial charge in [-0.1, -0.05) is 54.1 Å². The van der Waals surface area contributed by atoms with Crippen LogP contribution in [0.25, 0.3) is 0 Å². The van der Waals surface area contributed by atoms with Gasteiger partial charge in [-0.2, -0.15) is 0 Å². The van der Waals surface area contributed by atoms with Gasteiger partial charge >= 0.3 is 0 Å². The second kappa shape index (κ2) is 7.75. The molecule has 0 saturated carbocycles. The summed E-state index contributed by atoms with van der Waals surface area (Å²) in [5, 5.41) is 0. The average molecular weight is 282 g/mol. The van der Waals surface area contributed by atoms with Crippen molar-refractivity contribution in [1.29, 1.82) is 0 Å². The number of hydrogen-bond acceptors (Lipinski definition) is 2. The molecule has 0 amide bonds. The van der Waals surface area contributed by atoms with Crippen molar-refractivity contribution >= 4 is 5.78 Å². The number of hydrogen-bond donors (Lipinski definition) is 0. The van der Waals surface area contributed by atoms with Gasteiger partial charge in [-0.15, -0.1) is 0 Å². The topological polar surface area (TPSA) is 26.3 Å². The Morgan fingerprint density at radius 2 is 1.81 bits per heavy atom. The fraction of sp³-hybridized carbons (Fsp3) is 0.316. The standard InChI is InChI=1S/C19H22O2/c1-15-10-11-18(16(2)13-15)19(20)14-21-12-6-9-17-7-4-3-5-8-17/h3-5,7-8,10-11,13H,6,9,12,14H2,1-2H3. The summed E-state index contributed by atoms with van der Waals surface area (Å²) < 4.78 is 5.51. The Kier molecular flexibility index (Phi) is 5.70. The van der Waals surface area contributed by atoms with E-state index in [0.717, 1.165) is 24.0 Å². The normalized spacial score (nSPS) is 10.6. The van der Waals surface area contributed by atoms with Crippen LogP contribution in [0.3, 0.4) is 0 Å². The first-order valence-corrected chi connectivity index (χ1v) is 7.39. The van der Waals surface area contributed by atoms with Gasteiger partial charge in [0.1, 0.15) is 6.61 Å². The fourth-order valence-corrected chi connectivity index (χ4v) is 2.39. The van der Waals surface area contributed by atoms with Crippen LogP contribution in [0.2, 0.25) is 0 Å². The SMILES string of the molecule is Cc1ccc(C(=O)COCCCc2ccccc2)c(C)c1. The van der Waals surface area contributed by atoms with Crippen molar-refractivity contribution in [3.63, 3.8) is 0 Å². The van der Waals surface area contributed by atoms with Gasteiger partial charge in [0.15, 0.2) is 5.78 Å². The molecule has 0 aliphatic heterocycles. The monoisotopic (exact) mass is 282 g/mol. The quantitative estimate of drug-likeness (QED) is 0.563. The Morgan fingerprint density at radius 3 is 2.52 bits per heavy atom. The summed E-state index contributed by atoms with van der Waals surface area (Å²) in [6.45, 7) is 4.78. The number of carbonyl (C=O) groups excluding carboxylic acids is 1. The third-order valence-electron chi connectivity index (χ3n) is 3.51. The Balaban J connectivity index is 1.72. The lowest BCUT2D eigenvalue weighted by atomic mass is 10.0. The first-order chi connectivity index (χ1) is 10.2. The molecule has 2 rings (SSSR count). The van der Waals surface area contributed by atoms with Crippen molar-refractivity contribution in [1.82, 2.24) is 0 Å². The van der Waals surface area contributed by atoms with Crippen LogP contribution < -0.4 is 0 Å². The highest BCUT2D eigenvalue weighted by Gasteiger charge is 2.08. The summed E-state index contributed by atoms with van der Waals surface area (Å²) in [6, 6.07) is 16.2. The molecule has 0 saturated heterocycles. The van der Waals surface area contributed by atoms with Gasteiger partial charge in [-0.3, -0.25) is 4.79 Å². The summed E-state index contributed by atoms with van der Waals surface area (Å²) >= 11 is 0. The zero-order valence-electron chi connectivity index (χ0n) is 12.8. The van der Waals surface area contributed by atoms with E-state index in [1.807, 2.05) is 50.2 Å². The van der Waals surface area contributed by atoms with Crippen LogP contribution in [0.1, 0.15) is 33.5 Å². The molecular weight excluding hydrogens is 260 g/mol. The Hall–Kier alpha value is -1.93. The first kappa shape index (κ1) is 15.5. The molecule has 2 aromatic carbocycles. The number of Topliss-reactive ketones (excluding diaryl/α,β-unsaturated/α-hetero) is 1. The van der Waals surface area contributed by atoms with E-state index in [9.17, 15) is 4.79 Å². The molecule has 2 heteroatoms. The minimum absolute atomic E-state index is 0.0622. The van der Waals surface area contributed by atoms with Gasteiger partial charge in [0, 0.05) is 12.2 Å². The molecule has 0 aliphatic carbocycles. The fourth-order valence-electron chi connectivity index (χ4n) is 2.39. The second-order valence-corrected chi connectivity index (χ2v) is 5.38. The number of carbonyl (C=O) groups is 1. The maximum atomic E-state index is 12.1. The van der Waals surface area contributed by atoms with E-state index in [2.05, 4.69) is 12.1 Å². The minimum atomic E-state index is 0.0622. The van der Waals surface area contributed by atoms with Crippen LogP contribution in [0.4, 0.5) is 0 Å². The summed E-state index contributed by atoms with van der Waals surface area (Å²) in [7, 11) is 0. The highest BCUT2D eigenvalue weighted by atomic mass is 16.5. The summed E-state index contributed by atoms with van der Waals surface area (Å²) in [6.07, 6.45) is 1.92. The van der Waals surface area contributed by atoms with E-state index in [1.54, 1.807) is 0 Å². The average Bonchev–Trinajstić information content (AvgIpc) is 2.47. The molecule has 0 unspecified atom stereocenters. The predicted molar refractivity (Wildman–Crippen MR) is 85.8 cm³/mol. The highest BCUT2D eigenvalue weighted by Crippen LogP contribution is 2.11. The Morgan fingerprint density at radius 1 is 1.05 bits per heavy atom. The summed E-state index contributed by atoms with van der Waals surface area (Å²) in [5.74, 6) is 0.0622. The molecule has 0 spiro atoms. The molecule has 0 radical (unpaired) electrons. The van der Waals surface area contributed by atoms with Crippen LogP contribution in [-0.2, 0) is 11.2 Å². The zero-order chi connectivity index (χ0) is 15.1. The lowest BCUT2D eigenvalue weighted by Gasteiger charge is -2.07. The third-order valence-corrected chi connectivity index (χ3v) is 3.51. The highest BCUT2D eigenvalue weighted by molar-refractivity contribution is 5.98. The molecule has 0 aliphatic rings. The largest absolute Gasteiger partial charge is 0.373 e. The van der Waals surface area contributed by atoms with Gasteiger partial charge in [0.2, 0.25) is 0 Å². The zero-order valence-corrected chi connectivity index (χ0v) is 12.8. The van der Waals surface area contributed by atoms with Crippen LogP contribution in [-0.4, -0.2) is 19.0 Å². The van der Waals surface area contributed by atoms with E-state index >= 15 is 0 Å². The number of benzene rings is 2. The van der Waals surface area contributed by atoms with Crippen molar-refractivity contribution in [3.05, 3.63) is 70.8 Å². The Bertz CT molecular complexity index is 588. The van der Waals surface area contributed by atoms with E-state index in [-0.39, 0.29) is 12.4 Å². The predicted octanol–water partition coefficient (Wildman–Crippen LogP) is 4.14.